The molecule has 2 nitrogen and oxygen atoms in total. The molecule has 0 fully saturated rings. The number of nitrogens with one attached hydrogen (secondary N) is 1. The van der Waals surface area contributed by atoms with Gasteiger partial charge in [0.15, 0.2) is 0 Å². The van der Waals surface area contributed by atoms with E-state index >= 15 is 0 Å². The van der Waals surface area contributed by atoms with Gasteiger partial charge >= 0.3 is 0 Å². The Morgan fingerprint density at radius 1 is 1.15 bits per heavy atom. The lowest BCUT2D eigenvalue weighted by Gasteiger charge is -2.14. The molecule has 0 saturated carbocycles. The highest BCUT2D eigenvalue weighted by atomic mass is 35.5. The molecular formula is C17H18ClNO. The van der Waals surface area contributed by atoms with Gasteiger partial charge in [-0.2, -0.15) is 0 Å². The Morgan fingerprint density at radius 2 is 1.95 bits per heavy atom. The van der Waals surface area contributed by atoms with Crippen LogP contribution >= 0.6 is 11.6 Å². The van der Waals surface area contributed by atoms with Crippen LogP contribution in [0.4, 0.5) is 0 Å². The number of phenols is 1. The van der Waals surface area contributed by atoms with Crippen molar-refractivity contribution >= 4 is 11.6 Å². The van der Waals surface area contributed by atoms with Gasteiger partial charge in [0.25, 0.3) is 0 Å². The van der Waals surface area contributed by atoms with Crippen molar-refractivity contribution in [2.75, 3.05) is 6.54 Å². The molecule has 0 heterocycles. The maximum absolute atomic E-state index is 9.26. The van der Waals surface area contributed by atoms with Crippen LogP contribution in [0.3, 0.4) is 0 Å². The fourth-order valence-electron chi connectivity index (χ4n) is 2.85. The summed E-state index contributed by atoms with van der Waals surface area (Å²) in [4.78, 5) is 0. The zero-order chi connectivity index (χ0) is 13.9. The number of aryl methyl sites for hydroxylation is 1. The summed E-state index contributed by atoms with van der Waals surface area (Å²) in [5, 5.41) is 13.7. The van der Waals surface area contributed by atoms with E-state index in [2.05, 4.69) is 17.4 Å². The van der Waals surface area contributed by atoms with Crippen LogP contribution in [0.5, 0.6) is 5.75 Å². The van der Waals surface area contributed by atoms with E-state index in [1.807, 2.05) is 18.2 Å². The number of hydrogen-bond acceptors (Lipinski definition) is 2. The quantitative estimate of drug-likeness (QED) is 0.895. The van der Waals surface area contributed by atoms with E-state index in [-0.39, 0.29) is 0 Å². The van der Waals surface area contributed by atoms with Gasteiger partial charge in [-0.1, -0.05) is 29.8 Å². The average Bonchev–Trinajstić information content (AvgIpc) is 2.83. The van der Waals surface area contributed by atoms with Crippen molar-refractivity contribution in [3.63, 3.8) is 0 Å². The Hall–Kier alpha value is -1.51. The summed E-state index contributed by atoms with van der Waals surface area (Å²) in [6, 6.07) is 14.1. The molecule has 3 rings (SSSR count). The third-order valence-corrected chi connectivity index (χ3v) is 4.16. The minimum Gasteiger partial charge on any atom is -0.508 e. The highest BCUT2D eigenvalue weighted by Crippen LogP contribution is 2.32. The van der Waals surface area contributed by atoms with Gasteiger partial charge in [-0.3, -0.25) is 0 Å². The Morgan fingerprint density at radius 3 is 2.75 bits per heavy atom. The number of phenolic OH excluding ortho intramolecular Hbond substituents is 1. The molecule has 2 aromatic rings. The number of hydrogen-bond donors (Lipinski definition) is 2. The van der Waals surface area contributed by atoms with Gasteiger partial charge in [-0.15, -0.1) is 0 Å². The van der Waals surface area contributed by atoms with E-state index in [1.54, 1.807) is 12.1 Å². The molecule has 0 amide bonds. The summed E-state index contributed by atoms with van der Waals surface area (Å²) in [6.45, 7) is 0.942. The summed E-state index contributed by atoms with van der Waals surface area (Å²) in [6.07, 6.45) is 3.22. The van der Waals surface area contributed by atoms with Crippen LogP contribution in [-0.2, 0) is 12.8 Å². The van der Waals surface area contributed by atoms with Gasteiger partial charge in [0.05, 0.1) is 0 Å². The number of halogens is 1. The van der Waals surface area contributed by atoms with Gasteiger partial charge in [-0.05, 0) is 66.8 Å². The van der Waals surface area contributed by atoms with Crippen molar-refractivity contribution < 1.29 is 5.11 Å². The molecule has 0 aromatic heterocycles. The molecule has 0 spiro atoms. The second-order valence-corrected chi connectivity index (χ2v) is 5.74. The second-order valence-electron chi connectivity index (χ2n) is 5.30. The molecule has 20 heavy (non-hydrogen) atoms. The first kappa shape index (κ1) is 13.5. The van der Waals surface area contributed by atoms with Crippen molar-refractivity contribution in [2.45, 2.75) is 25.3 Å². The maximum Gasteiger partial charge on any atom is 0.115 e. The lowest BCUT2D eigenvalue weighted by atomic mass is 10.1. The SMILES string of the molecule is Oc1ccc(CCNC2CCc3cc(Cl)ccc32)cc1. The highest BCUT2D eigenvalue weighted by molar-refractivity contribution is 6.30. The van der Waals surface area contributed by atoms with Crippen molar-refractivity contribution in [1.29, 1.82) is 0 Å². The molecule has 3 heteroatoms. The summed E-state index contributed by atoms with van der Waals surface area (Å²) in [5.41, 5.74) is 4.00. The predicted octanol–water partition coefficient (Wildman–Crippen LogP) is 3.87. The zero-order valence-corrected chi connectivity index (χ0v) is 12.0. The summed E-state index contributed by atoms with van der Waals surface area (Å²) >= 11 is 6.03. The zero-order valence-electron chi connectivity index (χ0n) is 11.3. The predicted molar refractivity (Wildman–Crippen MR) is 82.3 cm³/mol. The maximum atomic E-state index is 9.26. The van der Waals surface area contributed by atoms with Crippen molar-refractivity contribution in [3.8, 4) is 5.75 Å². The summed E-state index contributed by atoms with van der Waals surface area (Å²) in [5.74, 6) is 0.323. The summed E-state index contributed by atoms with van der Waals surface area (Å²) in [7, 11) is 0. The topological polar surface area (TPSA) is 32.3 Å². The number of aromatic hydroxyl groups is 1. The molecule has 104 valence electrons. The van der Waals surface area contributed by atoms with Crippen molar-refractivity contribution in [3.05, 3.63) is 64.2 Å². The van der Waals surface area contributed by atoms with Crippen molar-refractivity contribution in [2.24, 2.45) is 0 Å². The van der Waals surface area contributed by atoms with E-state index in [9.17, 15) is 5.11 Å². The van der Waals surface area contributed by atoms with Gasteiger partial charge < -0.3 is 10.4 Å². The Labute approximate surface area is 124 Å². The molecule has 0 aliphatic heterocycles. The fraction of sp³-hybridized carbons (Fsp3) is 0.294. The first-order chi connectivity index (χ1) is 9.72. The summed E-state index contributed by atoms with van der Waals surface area (Å²) < 4.78 is 0. The van der Waals surface area contributed by atoms with Crippen LogP contribution in [0.15, 0.2) is 42.5 Å². The number of rotatable bonds is 4. The Kier molecular flexibility index (Phi) is 3.95. The molecular weight excluding hydrogens is 270 g/mol. The van der Waals surface area contributed by atoms with E-state index in [0.717, 1.165) is 30.8 Å². The van der Waals surface area contributed by atoms with Crippen molar-refractivity contribution in [1.82, 2.24) is 5.32 Å². The lowest BCUT2D eigenvalue weighted by molar-refractivity contribution is 0.475. The van der Waals surface area contributed by atoms with E-state index in [1.165, 1.54) is 16.7 Å². The van der Waals surface area contributed by atoms with Crippen LogP contribution in [0.1, 0.15) is 29.2 Å². The molecule has 2 aromatic carbocycles. The first-order valence-corrected chi connectivity index (χ1v) is 7.40. The highest BCUT2D eigenvalue weighted by Gasteiger charge is 2.21. The molecule has 1 aliphatic rings. The Bertz CT molecular complexity index is 594. The minimum absolute atomic E-state index is 0.323. The number of fused-ring (bicyclic) bond motifs is 1. The van der Waals surface area contributed by atoms with Crippen LogP contribution in [0, 0.1) is 0 Å². The lowest BCUT2D eigenvalue weighted by Crippen LogP contribution is -2.21. The molecule has 1 unspecified atom stereocenters. The van der Waals surface area contributed by atoms with E-state index in [4.69, 9.17) is 11.6 Å². The van der Waals surface area contributed by atoms with Crippen LogP contribution < -0.4 is 5.32 Å². The molecule has 0 saturated heterocycles. The fourth-order valence-corrected chi connectivity index (χ4v) is 3.05. The van der Waals surface area contributed by atoms with E-state index in [0.29, 0.717) is 11.8 Å². The van der Waals surface area contributed by atoms with Crippen LogP contribution in [-0.4, -0.2) is 11.7 Å². The van der Waals surface area contributed by atoms with Crippen LogP contribution in [0.25, 0.3) is 0 Å². The third kappa shape index (κ3) is 2.97. The molecule has 1 atom stereocenters. The molecule has 2 N–H and O–H groups in total. The first-order valence-electron chi connectivity index (χ1n) is 7.02. The van der Waals surface area contributed by atoms with E-state index < -0.39 is 0 Å². The Balaban J connectivity index is 1.57. The number of benzene rings is 2. The van der Waals surface area contributed by atoms with Gasteiger partial charge in [0, 0.05) is 11.1 Å². The van der Waals surface area contributed by atoms with Gasteiger partial charge in [0.1, 0.15) is 5.75 Å². The van der Waals surface area contributed by atoms with Gasteiger partial charge in [0.2, 0.25) is 0 Å². The molecule has 0 bridgehead atoms. The second kappa shape index (κ2) is 5.86. The van der Waals surface area contributed by atoms with Crippen LogP contribution in [0.2, 0.25) is 5.02 Å². The molecule has 1 aliphatic carbocycles. The van der Waals surface area contributed by atoms with Gasteiger partial charge in [-0.25, -0.2) is 0 Å². The molecule has 0 radical (unpaired) electrons. The smallest absolute Gasteiger partial charge is 0.115 e. The normalized spacial score (nSPS) is 17.1. The average molecular weight is 288 g/mol. The third-order valence-electron chi connectivity index (χ3n) is 3.92. The monoisotopic (exact) mass is 287 g/mol. The minimum atomic E-state index is 0.323. The standard InChI is InChI=1S/C17H18ClNO/c18-14-4-7-16-13(11-14)3-8-17(16)19-10-9-12-1-5-15(20)6-2-12/h1-2,4-7,11,17,19-20H,3,8-10H2. The largest absolute Gasteiger partial charge is 0.508 e.